The number of benzene rings is 2. The van der Waals surface area contributed by atoms with Gasteiger partial charge in [-0.25, -0.2) is 0 Å². The Morgan fingerprint density at radius 1 is 1.00 bits per heavy atom. The minimum atomic E-state index is -0.666. The molecule has 4 heteroatoms. The maximum Gasteiger partial charge on any atom is 0.119 e. The second kappa shape index (κ2) is 8.41. The number of hydrogen-bond acceptors (Lipinski definition) is 4. The van der Waals surface area contributed by atoms with Crippen LogP contribution in [0.3, 0.4) is 0 Å². The smallest absolute Gasteiger partial charge is 0.119 e. The minimum Gasteiger partial charge on any atom is -0.497 e. The fraction of sp³-hybridized carbons (Fsp3) is 0.586. The van der Waals surface area contributed by atoms with Crippen LogP contribution in [0.2, 0.25) is 0 Å². The molecule has 4 aliphatic rings. The fourth-order valence-corrected chi connectivity index (χ4v) is 7.19. The maximum atomic E-state index is 12.6. The summed E-state index contributed by atoms with van der Waals surface area (Å²) in [6.07, 6.45) is 7.74. The minimum absolute atomic E-state index is 0.165. The molecule has 6 rings (SSSR count). The molecule has 2 aromatic carbocycles. The van der Waals surface area contributed by atoms with Gasteiger partial charge in [0, 0.05) is 31.1 Å². The Morgan fingerprint density at radius 2 is 1.79 bits per heavy atom. The van der Waals surface area contributed by atoms with Gasteiger partial charge in [0.05, 0.1) is 12.7 Å². The van der Waals surface area contributed by atoms with Crippen LogP contribution in [0.15, 0.2) is 48.5 Å². The Balaban J connectivity index is 1.32. The van der Waals surface area contributed by atoms with E-state index in [-0.39, 0.29) is 11.5 Å². The largest absolute Gasteiger partial charge is 0.497 e. The Labute approximate surface area is 198 Å². The predicted octanol–water partition coefficient (Wildman–Crippen LogP) is 4.04. The first kappa shape index (κ1) is 21.6. The van der Waals surface area contributed by atoms with Gasteiger partial charge in [-0.15, -0.1) is 0 Å². The summed E-state index contributed by atoms with van der Waals surface area (Å²) in [6.45, 7) is 5.40. The van der Waals surface area contributed by atoms with E-state index in [0.29, 0.717) is 0 Å². The summed E-state index contributed by atoms with van der Waals surface area (Å²) >= 11 is 0. The van der Waals surface area contributed by atoms with E-state index in [1.807, 2.05) is 0 Å². The van der Waals surface area contributed by atoms with Gasteiger partial charge in [-0.1, -0.05) is 36.4 Å². The molecule has 0 spiro atoms. The van der Waals surface area contributed by atoms with Gasteiger partial charge in [-0.3, -0.25) is 4.90 Å². The topological polar surface area (TPSA) is 35.9 Å². The first-order chi connectivity index (χ1) is 16.1. The van der Waals surface area contributed by atoms with Crippen molar-refractivity contribution < 1.29 is 9.84 Å². The highest BCUT2D eigenvalue weighted by molar-refractivity contribution is 5.48. The number of aliphatic hydroxyl groups is 1. The molecule has 2 aliphatic heterocycles. The molecule has 33 heavy (non-hydrogen) atoms. The van der Waals surface area contributed by atoms with Crippen LogP contribution in [0.25, 0.3) is 0 Å². The van der Waals surface area contributed by atoms with Gasteiger partial charge in [0.15, 0.2) is 0 Å². The molecule has 176 valence electrons. The number of ether oxygens (including phenoxy) is 1. The first-order valence-corrected chi connectivity index (χ1v) is 13.0. The van der Waals surface area contributed by atoms with E-state index in [1.165, 1.54) is 36.1 Å². The van der Waals surface area contributed by atoms with Crippen molar-refractivity contribution >= 4 is 0 Å². The molecule has 0 unspecified atom stereocenters. The Bertz CT molecular complexity index is 990. The number of fused-ring (bicyclic) bond motifs is 1. The lowest BCUT2D eigenvalue weighted by Gasteiger charge is -2.61. The van der Waals surface area contributed by atoms with Gasteiger partial charge in [0.25, 0.3) is 0 Å². The number of rotatable bonds is 6. The molecule has 4 nitrogen and oxygen atoms in total. The van der Waals surface area contributed by atoms with Gasteiger partial charge < -0.3 is 14.7 Å². The lowest BCUT2D eigenvalue weighted by molar-refractivity contribution is -0.149. The molecule has 0 aromatic heterocycles. The lowest BCUT2D eigenvalue weighted by Crippen LogP contribution is -2.71. The summed E-state index contributed by atoms with van der Waals surface area (Å²) in [6, 6.07) is 17.7. The van der Waals surface area contributed by atoms with Gasteiger partial charge >= 0.3 is 0 Å². The molecule has 2 aromatic rings. The molecule has 1 N–H and O–H groups in total. The van der Waals surface area contributed by atoms with E-state index < -0.39 is 5.60 Å². The van der Waals surface area contributed by atoms with Crippen molar-refractivity contribution in [2.75, 3.05) is 39.8 Å². The normalized spacial score (nSPS) is 32.0. The number of nitrogens with zero attached hydrogens (tertiary/aromatic N) is 2. The van der Waals surface area contributed by atoms with Crippen molar-refractivity contribution in [1.29, 1.82) is 0 Å². The van der Waals surface area contributed by atoms with E-state index >= 15 is 0 Å². The summed E-state index contributed by atoms with van der Waals surface area (Å²) in [5.41, 5.74) is 3.38. The first-order valence-electron chi connectivity index (χ1n) is 13.0. The van der Waals surface area contributed by atoms with Gasteiger partial charge in [-0.05, 0) is 92.8 Å². The number of hydrogen-bond donors (Lipinski definition) is 1. The zero-order valence-corrected chi connectivity index (χ0v) is 20.0. The molecule has 1 saturated carbocycles. The summed E-state index contributed by atoms with van der Waals surface area (Å²) < 4.78 is 5.65. The number of likely N-dealkylation sites (tertiary alicyclic amines) is 2. The standard InChI is InChI=1S/C29H38N2O2/c1-33-25-10-9-24-19-27-29(32)14-17-30(15-11-22-5-3-2-4-6-22)16-12-28(29,26(24)20-25)13-18-31(27)21-23-7-8-23/h2-6,9-10,20,23,27,32H,7-8,11-19,21H2,1H3/t27-,28+,29-/m1/s1. The van der Waals surface area contributed by atoms with E-state index in [4.69, 9.17) is 4.74 Å². The zero-order chi connectivity index (χ0) is 22.5. The molecule has 0 radical (unpaired) electrons. The summed E-state index contributed by atoms with van der Waals surface area (Å²) in [4.78, 5) is 5.28. The average molecular weight is 447 g/mol. The third-order valence-corrected chi connectivity index (χ3v) is 9.31. The molecule has 3 fully saturated rings. The summed E-state index contributed by atoms with van der Waals surface area (Å²) in [5, 5.41) is 12.6. The molecular formula is C29H38N2O2. The quantitative estimate of drug-likeness (QED) is 0.727. The van der Waals surface area contributed by atoms with Crippen LogP contribution >= 0.6 is 0 Å². The van der Waals surface area contributed by atoms with Crippen molar-refractivity contribution in [1.82, 2.24) is 9.80 Å². The van der Waals surface area contributed by atoms with E-state index in [9.17, 15) is 5.11 Å². The summed E-state index contributed by atoms with van der Waals surface area (Å²) in [5.74, 6) is 1.78. The highest BCUT2D eigenvalue weighted by atomic mass is 16.5. The van der Waals surface area contributed by atoms with Crippen molar-refractivity contribution in [2.45, 2.75) is 62.0 Å². The Hall–Kier alpha value is -1.88. The molecule has 0 amide bonds. The predicted molar refractivity (Wildman–Crippen MR) is 132 cm³/mol. The number of piperidine rings is 1. The van der Waals surface area contributed by atoms with Gasteiger partial charge in [-0.2, -0.15) is 0 Å². The third-order valence-electron chi connectivity index (χ3n) is 9.31. The van der Waals surface area contributed by atoms with E-state index in [1.54, 1.807) is 7.11 Å². The second-order valence-electron chi connectivity index (χ2n) is 11.0. The Morgan fingerprint density at radius 3 is 2.58 bits per heavy atom. The van der Waals surface area contributed by atoms with Crippen molar-refractivity contribution in [3.63, 3.8) is 0 Å². The van der Waals surface area contributed by atoms with Gasteiger partial charge in [0.1, 0.15) is 5.75 Å². The second-order valence-corrected chi connectivity index (χ2v) is 11.0. The SMILES string of the molecule is COc1ccc2c(c1)[C@@]13CCN(CCc4ccccc4)CC[C@@]1(O)[C@@H](C2)N(CC1CC1)CC3. The van der Waals surface area contributed by atoms with Crippen LogP contribution in [0.4, 0.5) is 0 Å². The fourth-order valence-electron chi connectivity index (χ4n) is 7.19. The molecule has 2 aliphatic carbocycles. The van der Waals surface area contributed by atoms with Crippen LogP contribution in [0, 0.1) is 5.92 Å². The van der Waals surface area contributed by atoms with E-state index in [0.717, 1.165) is 70.0 Å². The van der Waals surface area contributed by atoms with Crippen molar-refractivity contribution in [2.24, 2.45) is 5.92 Å². The van der Waals surface area contributed by atoms with Crippen LogP contribution in [0.1, 0.15) is 48.8 Å². The van der Waals surface area contributed by atoms with E-state index in [2.05, 4.69) is 58.3 Å². The highest BCUT2D eigenvalue weighted by Gasteiger charge is 2.63. The molecule has 2 heterocycles. The highest BCUT2D eigenvalue weighted by Crippen LogP contribution is 2.56. The van der Waals surface area contributed by atoms with Crippen molar-refractivity contribution in [3.8, 4) is 5.75 Å². The average Bonchev–Trinajstić information content (AvgIpc) is 3.67. The molecule has 2 saturated heterocycles. The maximum absolute atomic E-state index is 12.6. The van der Waals surface area contributed by atoms with Gasteiger partial charge in [0.2, 0.25) is 0 Å². The van der Waals surface area contributed by atoms with Crippen LogP contribution in [-0.4, -0.2) is 66.4 Å². The molecule has 2 bridgehead atoms. The monoisotopic (exact) mass is 446 g/mol. The third kappa shape index (κ3) is 3.71. The van der Waals surface area contributed by atoms with Crippen LogP contribution in [0.5, 0.6) is 5.75 Å². The molecule has 3 atom stereocenters. The lowest BCUT2D eigenvalue weighted by atomic mass is 9.52. The van der Waals surface area contributed by atoms with Crippen molar-refractivity contribution in [3.05, 3.63) is 65.2 Å². The van der Waals surface area contributed by atoms with Crippen LogP contribution < -0.4 is 4.74 Å². The molecular weight excluding hydrogens is 408 g/mol. The Kier molecular flexibility index (Phi) is 5.51. The zero-order valence-electron chi connectivity index (χ0n) is 20.0. The number of methoxy groups -OCH3 is 1. The summed E-state index contributed by atoms with van der Waals surface area (Å²) in [7, 11) is 1.76. The van der Waals surface area contributed by atoms with Crippen LogP contribution in [-0.2, 0) is 18.3 Å².